The average molecular weight is 464 g/mol. The van der Waals surface area contributed by atoms with E-state index in [0.717, 1.165) is 40.4 Å². The molecule has 1 aliphatic rings. The molecule has 1 aliphatic heterocycles. The molecule has 33 heavy (non-hydrogen) atoms. The first-order valence-electron chi connectivity index (χ1n) is 10.9. The van der Waals surface area contributed by atoms with Gasteiger partial charge < -0.3 is 14.6 Å². The smallest absolute Gasteiger partial charge is 0.329 e. The molecule has 2 aromatic carbocycles. The van der Waals surface area contributed by atoms with E-state index in [1.807, 2.05) is 75.4 Å². The normalized spacial score (nSPS) is 14.8. The number of ether oxygens (including phenoxy) is 1. The third kappa shape index (κ3) is 4.81. The maximum atomic E-state index is 12.5. The van der Waals surface area contributed by atoms with Crippen molar-refractivity contribution >= 4 is 29.6 Å². The number of carbonyl (C=O) groups is 2. The fourth-order valence-corrected chi connectivity index (χ4v) is 4.05. The van der Waals surface area contributed by atoms with E-state index in [1.54, 1.807) is 6.08 Å². The van der Waals surface area contributed by atoms with E-state index in [9.17, 15) is 9.59 Å². The van der Waals surface area contributed by atoms with Crippen molar-refractivity contribution in [3.05, 3.63) is 87.8 Å². The van der Waals surface area contributed by atoms with Crippen LogP contribution in [0, 0.1) is 13.8 Å². The maximum absolute atomic E-state index is 12.5. The van der Waals surface area contributed by atoms with E-state index in [4.69, 9.17) is 16.3 Å². The van der Waals surface area contributed by atoms with Crippen LogP contribution in [0.2, 0.25) is 5.02 Å². The minimum Gasteiger partial charge on any atom is -0.489 e. The third-order valence-electron chi connectivity index (χ3n) is 5.59. The first-order valence-corrected chi connectivity index (χ1v) is 11.3. The Balaban J connectivity index is 1.51. The van der Waals surface area contributed by atoms with E-state index in [1.165, 1.54) is 4.90 Å². The van der Waals surface area contributed by atoms with Crippen LogP contribution in [0.15, 0.2) is 60.3 Å². The molecule has 7 heteroatoms. The number of benzene rings is 2. The molecule has 0 saturated carbocycles. The lowest BCUT2D eigenvalue weighted by Crippen LogP contribution is -2.31. The standard InChI is InChI=1S/C26H26ClN3O3/c1-4-13-29-25(31)24(28-26(29)32)15-20-14-17(2)30(18(20)3)22-9-11-23(12-10-22)33-16-19-5-7-21(27)8-6-19/h5-12,14-15H,4,13,16H2,1-3H3,(H,28,32)/b24-15+. The highest BCUT2D eigenvalue weighted by atomic mass is 35.5. The maximum Gasteiger partial charge on any atom is 0.329 e. The number of nitrogens with zero attached hydrogens (tertiary/aromatic N) is 2. The minimum absolute atomic E-state index is 0.283. The molecule has 1 aromatic heterocycles. The highest BCUT2D eigenvalue weighted by Gasteiger charge is 2.32. The lowest BCUT2D eigenvalue weighted by molar-refractivity contribution is -0.122. The summed E-state index contributed by atoms with van der Waals surface area (Å²) in [5.41, 5.74) is 5.23. The number of rotatable bonds is 7. The van der Waals surface area contributed by atoms with E-state index in [2.05, 4.69) is 9.88 Å². The largest absolute Gasteiger partial charge is 0.489 e. The number of amides is 3. The van der Waals surface area contributed by atoms with Crippen LogP contribution in [0.5, 0.6) is 5.75 Å². The number of halogens is 1. The zero-order chi connectivity index (χ0) is 23.5. The fourth-order valence-electron chi connectivity index (χ4n) is 3.92. The summed E-state index contributed by atoms with van der Waals surface area (Å²) < 4.78 is 8.00. The molecule has 170 valence electrons. The van der Waals surface area contributed by atoms with Gasteiger partial charge in [-0.2, -0.15) is 0 Å². The van der Waals surface area contributed by atoms with Gasteiger partial charge in [-0.05, 0) is 79.9 Å². The predicted molar refractivity (Wildman–Crippen MR) is 130 cm³/mol. The molecule has 6 nitrogen and oxygen atoms in total. The van der Waals surface area contributed by atoms with Crippen LogP contribution in [0.3, 0.4) is 0 Å². The Kier molecular flexibility index (Phi) is 6.56. The Hall–Kier alpha value is -3.51. The van der Waals surface area contributed by atoms with E-state index in [0.29, 0.717) is 23.9 Å². The molecule has 0 radical (unpaired) electrons. The van der Waals surface area contributed by atoms with Gasteiger partial charge in [-0.3, -0.25) is 9.69 Å². The van der Waals surface area contributed by atoms with Crippen molar-refractivity contribution < 1.29 is 14.3 Å². The van der Waals surface area contributed by atoms with Gasteiger partial charge in [-0.15, -0.1) is 0 Å². The van der Waals surface area contributed by atoms with E-state index in [-0.39, 0.29) is 11.9 Å². The molecular formula is C26H26ClN3O3. The Morgan fingerprint density at radius 1 is 1.03 bits per heavy atom. The molecule has 0 spiro atoms. The second kappa shape index (κ2) is 9.55. The van der Waals surface area contributed by atoms with Crippen LogP contribution in [-0.4, -0.2) is 28.0 Å². The first-order chi connectivity index (χ1) is 15.9. The number of aryl methyl sites for hydroxylation is 1. The summed E-state index contributed by atoms with van der Waals surface area (Å²) in [5, 5.41) is 3.39. The van der Waals surface area contributed by atoms with Crippen LogP contribution in [0.1, 0.15) is 35.9 Å². The van der Waals surface area contributed by atoms with Crippen molar-refractivity contribution in [2.75, 3.05) is 6.54 Å². The summed E-state index contributed by atoms with van der Waals surface area (Å²) >= 11 is 5.93. The van der Waals surface area contributed by atoms with E-state index < -0.39 is 0 Å². The van der Waals surface area contributed by atoms with Gasteiger partial charge in [0.25, 0.3) is 5.91 Å². The quantitative estimate of drug-likeness (QED) is 0.365. The van der Waals surface area contributed by atoms with Crippen LogP contribution < -0.4 is 10.1 Å². The minimum atomic E-state index is -0.365. The second-order valence-corrected chi connectivity index (χ2v) is 8.45. The summed E-state index contributed by atoms with van der Waals surface area (Å²) in [7, 11) is 0. The lowest BCUT2D eigenvalue weighted by Gasteiger charge is -2.12. The summed E-state index contributed by atoms with van der Waals surface area (Å²) in [6, 6.07) is 17.1. The highest BCUT2D eigenvalue weighted by molar-refractivity contribution is 6.30. The van der Waals surface area contributed by atoms with E-state index >= 15 is 0 Å². The molecule has 0 atom stereocenters. The number of aromatic nitrogens is 1. The van der Waals surface area contributed by atoms with Gasteiger partial charge >= 0.3 is 6.03 Å². The van der Waals surface area contributed by atoms with Crippen LogP contribution in [0.4, 0.5) is 4.79 Å². The molecule has 0 aliphatic carbocycles. The molecule has 0 bridgehead atoms. The van der Waals surface area contributed by atoms with Gasteiger partial charge in [-0.1, -0.05) is 30.7 Å². The zero-order valence-electron chi connectivity index (χ0n) is 18.9. The predicted octanol–water partition coefficient (Wildman–Crippen LogP) is 5.63. The van der Waals surface area contributed by atoms with Gasteiger partial charge in [0.15, 0.2) is 0 Å². The molecule has 3 aromatic rings. The highest BCUT2D eigenvalue weighted by Crippen LogP contribution is 2.25. The number of hydrogen-bond donors (Lipinski definition) is 1. The Morgan fingerprint density at radius 2 is 1.73 bits per heavy atom. The summed E-state index contributed by atoms with van der Waals surface area (Å²) in [6.07, 6.45) is 2.47. The van der Waals surface area contributed by atoms with Gasteiger partial charge in [0.05, 0.1) is 0 Å². The van der Waals surface area contributed by atoms with Crippen molar-refractivity contribution in [1.82, 2.24) is 14.8 Å². The Bertz CT molecular complexity index is 1210. The van der Waals surface area contributed by atoms with Crippen molar-refractivity contribution in [1.29, 1.82) is 0 Å². The number of hydrogen-bond acceptors (Lipinski definition) is 3. The molecule has 1 fully saturated rings. The SMILES string of the molecule is CCCN1C(=O)N/C(=C/c2cc(C)n(-c3ccc(OCc4ccc(Cl)cc4)cc3)c2C)C1=O. The Morgan fingerprint density at radius 3 is 2.39 bits per heavy atom. The van der Waals surface area contributed by atoms with Crippen molar-refractivity contribution in [3.8, 4) is 11.4 Å². The topological polar surface area (TPSA) is 63.6 Å². The molecule has 3 amide bonds. The van der Waals surface area contributed by atoms with Crippen molar-refractivity contribution in [2.45, 2.75) is 33.8 Å². The molecular weight excluding hydrogens is 438 g/mol. The van der Waals surface area contributed by atoms with Crippen LogP contribution in [0.25, 0.3) is 11.8 Å². The first kappa shape index (κ1) is 22.7. The summed E-state index contributed by atoms with van der Waals surface area (Å²) in [4.78, 5) is 25.9. The van der Waals surface area contributed by atoms with Gasteiger partial charge in [0, 0.05) is 28.6 Å². The lowest BCUT2D eigenvalue weighted by atomic mass is 10.2. The van der Waals surface area contributed by atoms with Gasteiger partial charge in [-0.25, -0.2) is 4.79 Å². The van der Waals surface area contributed by atoms with Crippen LogP contribution >= 0.6 is 11.6 Å². The number of urea groups is 1. The Labute approximate surface area is 198 Å². The molecule has 1 N–H and O–H groups in total. The third-order valence-corrected chi connectivity index (χ3v) is 5.85. The molecule has 4 rings (SSSR count). The molecule has 1 saturated heterocycles. The second-order valence-electron chi connectivity index (χ2n) is 8.02. The zero-order valence-corrected chi connectivity index (χ0v) is 19.6. The van der Waals surface area contributed by atoms with Gasteiger partial charge in [0.1, 0.15) is 18.1 Å². The van der Waals surface area contributed by atoms with Crippen molar-refractivity contribution in [2.24, 2.45) is 0 Å². The summed E-state index contributed by atoms with van der Waals surface area (Å²) in [6.45, 7) is 6.82. The summed E-state index contributed by atoms with van der Waals surface area (Å²) in [5.74, 6) is 0.489. The van der Waals surface area contributed by atoms with Crippen molar-refractivity contribution in [3.63, 3.8) is 0 Å². The average Bonchev–Trinajstić information content (AvgIpc) is 3.23. The van der Waals surface area contributed by atoms with Gasteiger partial charge in [0.2, 0.25) is 0 Å². The number of nitrogens with one attached hydrogen (secondary N) is 1. The number of carbonyl (C=O) groups excluding carboxylic acids is 2. The molecule has 2 heterocycles. The fraction of sp³-hybridized carbons (Fsp3) is 0.231. The number of imide groups is 1. The molecule has 0 unspecified atom stereocenters. The monoisotopic (exact) mass is 463 g/mol. The van der Waals surface area contributed by atoms with Crippen LogP contribution in [-0.2, 0) is 11.4 Å².